The van der Waals surface area contributed by atoms with Gasteiger partial charge in [-0.1, -0.05) is 6.07 Å². The first-order valence-electron chi connectivity index (χ1n) is 7.94. The van der Waals surface area contributed by atoms with E-state index in [1.54, 1.807) is 19.2 Å². The summed E-state index contributed by atoms with van der Waals surface area (Å²) in [6, 6.07) is 5.72. The molecule has 0 amide bonds. The Hall–Kier alpha value is -1.17. The molecule has 1 N–H and O–H groups in total. The zero-order valence-corrected chi connectivity index (χ0v) is 13.8. The van der Waals surface area contributed by atoms with E-state index in [9.17, 15) is 4.39 Å². The van der Waals surface area contributed by atoms with Crippen molar-refractivity contribution >= 4 is 0 Å². The van der Waals surface area contributed by atoms with Gasteiger partial charge in [0, 0.05) is 32.3 Å². The Morgan fingerprint density at radius 1 is 1.41 bits per heavy atom. The van der Waals surface area contributed by atoms with Crippen LogP contribution in [0, 0.1) is 5.82 Å². The van der Waals surface area contributed by atoms with Gasteiger partial charge < -0.3 is 14.8 Å². The summed E-state index contributed by atoms with van der Waals surface area (Å²) in [5.74, 6) is -0.0154. The first-order chi connectivity index (χ1) is 10.6. The van der Waals surface area contributed by atoms with Crippen LogP contribution < -0.4 is 10.1 Å². The lowest BCUT2D eigenvalue weighted by Crippen LogP contribution is -2.47. The molecule has 1 aromatic carbocycles. The smallest absolute Gasteiger partial charge is 0.165 e. The number of rotatable bonds is 7. The fourth-order valence-electron chi connectivity index (χ4n) is 3.02. The van der Waals surface area contributed by atoms with Crippen molar-refractivity contribution in [3.8, 4) is 5.75 Å². The van der Waals surface area contributed by atoms with Crippen molar-refractivity contribution in [2.24, 2.45) is 0 Å². The van der Waals surface area contributed by atoms with E-state index in [4.69, 9.17) is 9.47 Å². The molecule has 0 radical (unpaired) electrons. The highest BCUT2D eigenvalue weighted by atomic mass is 19.1. The van der Waals surface area contributed by atoms with Gasteiger partial charge in [0.15, 0.2) is 11.6 Å². The lowest BCUT2D eigenvalue weighted by Gasteiger charge is -2.34. The van der Waals surface area contributed by atoms with Crippen LogP contribution in [0.3, 0.4) is 0 Å². The zero-order valence-electron chi connectivity index (χ0n) is 13.8. The van der Waals surface area contributed by atoms with Crippen molar-refractivity contribution in [1.82, 2.24) is 10.2 Å². The van der Waals surface area contributed by atoms with E-state index >= 15 is 0 Å². The molecule has 0 aromatic heterocycles. The molecule has 124 valence electrons. The third-order valence-electron chi connectivity index (χ3n) is 4.28. The van der Waals surface area contributed by atoms with E-state index in [1.807, 2.05) is 6.07 Å². The van der Waals surface area contributed by atoms with Gasteiger partial charge in [0.05, 0.1) is 13.7 Å². The summed E-state index contributed by atoms with van der Waals surface area (Å²) >= 11 is 0. The third-order valence-corrected chi connectivity index (χ3v) is 4.28. The van der Waals surface area contributed by atoms with Crippen LogP contribution in [-0.4, -0.2) is 51.4 Å². The van der Waals surface area contributed by atoms with Crippen LogP contribution >= 0.6 is 0 Å². The molecule has 5 heteroatoms. The summed E-state index contributed by atoms with van der Waals surface area (Å²) in [6.45, 7) is 5.97. The van der Waals surface area contributed by atoms with Crippen molar-refractivity contribution in [3.63, 3.8) is 0 Å². The Morgan fingerprint density at radius 3 is 2.91 bits per heavy atom. The van der Waals surface area contributed by atoms with Crippen LogP contribution in [0.15, 0.2) is 18.2 Å². The van der Waals surface area contributed by atoms with E-state index in [-0.39, 0.29) is 11.9 Å². The molecule has 0 bridgehead atoms. The summed E-state index contributed by atoms with van der Waals surface area (Å²) in [5, 5.41) is 3.62. The molecule has 1 aliphatic rings. The number of ether oxygens (including phenoxy) is 2. The monoisotopic (exact) mass is 310 g/mol. The minimum atomic E-state index is -0.306. The maximum absolute atomic E-state index is 13.8. The summed E-state index contributed by atoms with van der Waals surface area (Å²) in [7, 11) is 3.22. The second-order valence-electron chi connectivity index (χ2n) is 5.91. The van der Waals surface area contributed by atoms with Gasteiger partial charge in [-0.15, -0.1) is 0 Å². The molecule has 0 spiro atoms. The summed E-state index contributed by atoms with van der Waals surface area (Å²) in [4.78, 5) is 2.42. The quantitative estimate of drug-likeness (QED) is 0.839. The number of likely N-dealkylation sites (tertiary alicyclic amines) is 1. The fourth-order valence-corrected chi connectivity index (χ4v) is 3.02. The van der Waals surface area contributed by atoms with Crippen LogP contribution in [0.5, 0.6) is 5.75 Å². The average molecular weight is 310 g/mol. The number of hydrogen-bond acceptors (Lipinski definition) is 4. The van der Waals surface area contributed by atoms with Gasteiger partial charge in [0.25, 0.3) is 0 Å². The van der Waals surface area contributed by atoms with Gasteiger partial charge in [0.1, 0.15) is 0 Å². The normalized spacial score (nSPS) is 20.8. The fraction of sp³-hybridized carbons (Fsp3) is 0.647. The van der Waals surface area contributed by atoms with Crippen LogP contribution in [0.1, 0.15) is 31.4 Å². The van der Waals surface area contributed by atoms with Gasteiger partial charge >= 0.3 is 0 Å². The van der Waals surface area contributed by atoms with Gasteiger partial charge in [-0.3, -0.25) is 4.90 Å². The third kappa shape index (κ3) is 4.66. The minimum absolute atomic E-state index is 0.118. The number of halogens is 1. The maximum atomic E-state index is 13.8. The van der Waals surface area contributed by atoms with E-state index in [0.717, 1.165) is 38.2 Å². The highest BCUT2D eigenvalue weighted by Crippen LogP contribution is 2.23. The SMILES string of the molecule is COCCN1CCC[C@@H](N[C@H](C)c2ccc(OC)c(F)c2)C1. The Bertz CT molecular complexity index is 470. The molecule has 1 saturated heterocycles. The van der Waals surface area contributed by atoms with Crippen molar-refractivity contribution in [1.29, 1.82) is 0 Å². The van der Waals surface area contributed by atoms with Crippen LogP contribution in [0.25, 0.3) is 0 Å². The molecular weight excluding hydrogens is 283 g/mol. The maximum Gasteiger partial charge on any atom is 0.165 e. The predicted octanol–water partition coefficient (Wildman–Crippen LogP) is 2.60. The number of methoxy groups -OCH3 is 2. The molecule has 2 rings (SSSR count). The number of hydrogen-bond donors (Lipinski definition) is 1. The highest BCUT2D eigenvalue weighted by molar-refractivity contribution is 5.30. The Morgan fingerprint density at radius 2 is 2.23 bits per heavy atom. The second kappa shape index (κ2) is 8.46. The van der Waals surface area contributed by atoms with Crippen molar-refractivity contribution in [3.05, 3.63) is 29.6 Å². The summed E-state index contributed by atoms with van der Waals surface area (Å²) < 4.78 is 23.9. The molecular formula is C17H27FN2O2. The molecule has 1 aliphatic heterocycles. The number of nitrogens with zero attached hydrogens (tertiary/aromatic N) is 1. The molecule has 2 atom stereocenters. The molecule has 4 nitrogen and oxygen atoms in total. The highest BCUT2D eigenvalue weighted by Gasteiger charge is 2.21. The first-order valence-corrected chi connectivity index (χ1v) is 7.94. The lowest BCUT2D eigenvalue weighted by molar-refractivity contribution is 0.120. The molecule has 1 heterocycles. The van der Waals surface area contributed by atoms with Gasteiger partial charge in [-0.2, -0.15) is 0 Å². The second-order valence-corrected chi connectivity index (χ2v) is 5.91. The molecule has 22 heavy (non-hydrogen) atoms. The number of piperidine rings is 1. The zero-order chi connectivity index (χ0) is 15.9. The largest absolute Gasteiger partial charge is 0.494 e. The summed E-state index contributed by atoms with van der Waals surface area (Å²) in [5.41, 5.74) is 0.951. The number of benzene rings is 1. The van der Waals surface area contributed by atoms with Gasteiger partial charge in [-0.25, -0.2) is 4.39 Å². The molecule has 1 fully saturated rings. The van der Waals surface area contributed by atoms with Crippen molar-refractivity contribution in [2.75, 3.05) is 40.5 Å². The van der Waals surface area contributed by atoms with E-state index in [0.29, 0.717) is 11.8 Å². The standard InChI is InChI=1S/C17H27FN2O2/c1-13(14-6-7-17(22-3)16(18)11-14)19-15-5-4-8-20(12-15)9-10-21-2/h6-7,11,13,15,19H,4-5,8-10,12H2,1-3H3/t13-,15-/m1/s1. The predicted molar refractivity (Wildman–Crippen MR) is 85.8 cm³/mol. The van der Waals surface area contributed by atoms with Crippen LogP contribution in [-0.2, 0) is 4.74 Å². The van der Waals surface area contributed by atoms with Crippen LogP contribution in [0.2, 0.25) is 0 Å². The Balaban J connectivity index is 1.90. The average Bonchev–Trinajstić information content (AvgIpc) is 2.53. The van der Waals surface area contributed by atoms with E-state index < -0.39 is 0 Å². The minimum Gasteiger partial charge on any atom is -0.494 e. The van der Waals surface area contributed by atoms with E-state index in [2.05, 4.69) is 17.1 Å². The molecule has 0 unspecified atom stereocenters. The first kappa shape index (κ1) is 17.2. The van der Waals surface area contributed by atoms with Crippen LogP contribution in [0.4, 0.5) is 4.39 Å². The summed E-state index contributed by atoms with van der Waals surface area (Å²) in [6.07, 6.45) is 2.34. The van der Waals surface area contributed by atoms with Crippen molar-refractivity contribution < 1.29 is 13.9 Å². The van der Waals surface area contributed by atoms with Gasteiger partial charge in [0.2, 0.25) is 0 Å². The molecule has 0 saturated carbocycles. The topological polar surface area (TPSA) is 33.7 Å². The molecule has 0 aliphatic carbocycles. The van der Waals surface area contributed by atoms with Crippen molar-refractivity contribution in [2.45, 2.75) is 31.8 Å². The van der Waals surface area contributed by atoms with E-state index in [1.165, 1.54) is 13.5 Å². The molecule has 1 aromatic rings. The Kier molecular flexibility index (Phi) is 6.61. The Labute approximate surface area is 132 Å². The number of nitrogens with one attached hydrogen (secondary N) is 1. The lowest BCUT2D eigenvalue weighted by atomic mass is 10.0. The van der Waals surface area contributed by atoms with Gasteiger partial charge in [-0.05, 0) is 44.0 Å².